The predicted molar refractivity (Wildman–Crippen MR) is 153 cm³/mol. The molecule has 1 aliphatic rings. The molecule has 0 saturated carbocycles. The fraction of sp³-hybridized carbons (Fsp3) is 0.310. The molecule has 0 bridgehead atoms. The fourth-order valence-corrected chi connectivity index (χ4v) is 5.03. The number of halogens is 4. The van der Waals surface area contributed by atoms with E-state index in [9.17, 15) is 23.1 Å². The van der Waals surface area contributed by atoms with Crippen LogP contribution in [0.15, 0.2) is 55.0 Å². The summed E-state index contributed by atoms with van der Waals surface area (Å²) in [5.74, 6) is -0.0268. The average Bonchev–Trinajstić information content (AvgIpc) is 3.48. The second-order valence-electron chi connectivity index (χ2n) is 10.0. The normalized spacial score (nSPS) is 14.5. The Morgan fingerprint density at radius 2 is 1.88 bits per heavy atom. The van der Waals surface area contributed by atoms with E-state index in [0.29, 0.717) is 48.6 Å². The van der Waals surface area contributed by atoms with E-state index in [4.69, 9.17) is 21.1 Å². The van der Waals surface area contributed by atoms with E-state index in [2.05, 4.69) is 20.6 Å². The lowest BCUT2D eigenvalue weighted by Gasteiger charge is -2.30. The SMILES string of the molecule is COc1cncc(-c2cn(-c3cc(C(=O)Nc4cc(C(F)(F)F)cc(CN5CCC(O)CC5)c4OC)ccc3Cl)nn2)c1. The number of carbonyl (C=O) groups excluding carboxylic acids is 1. The number of aliphatic hydroxyl groups excluding tert-OH is 1. The standard InChI is InChI=1S/C29H28ClF3N6O4/c1-42-22-10-18(13-34-14-22)25-16-39(37-36-25)26-11-17(3-4-23(26)30)28(41)35-24-12-20(29(31,32)33)9-19(27(24)43-2)15-38-7-5-21(40)6-8-38/h3-4,9-14,16,21,40H,5-8,15H2,1-2H3,(H,35,41). The van der Waals surface area contributed by atoms with E-state index in [-0.39, 0.29) is 34.1 Å². The van der Waals surface area contributed by atoms with Gasteiger partial charge in [0, 0.05) is 42.5 Å². The van der Waals surface area contributed by atoms with E-state index < -0.39 is 23.8 Å². The van der Waals surface area contributed by atoms with Crippen LogP contribution in [0.3, 0.4) is 0 Å². The Morgan fingerprint density at radius 1 is 1.12 bits per heavy atom. The van der Waals surface area contributed by atoms with Crippen molar-refractivity contribution in [2.75, 3.05) is 32.6 Å². The van der Waals surface area contributed by atoms with Gasteiger partial charge in [-0.2, -0.15) is 13.2 Å². The number of likely N-dealkylation sites (tertiary alicyclic amines) is 1. The summed E-state index contributed by atoms with van der Waals surface area (Å²) in [7, 11) is 2.85. The first-order valence-electron chi connectivity index (χ1n) is 13.3. The van der Waals surface area contributed by atoms with Crippen LogP contribution >= 0.6 is 11.6 Å². The molecule has 2 aromatic heterocycles. The van der Waals surface area contributed by atoms with E-state index in [1.165, 1.54) is 37.1 Å². The van der Waals surface area contributed by atoms with Crippen molar-refractivity contribution in [3.05, 3.63) is 76.7 Å². The van der Waals surface area contributed by atoms with Crippen LogP contribution in [0.2, 0.25) is 5.02 Å². The number of methoxy groups -OCH3 is 2. The Kier molecular flexibility index (Phi) is 8.85. The number of nitrogens with one attached hydrogen (secondary N) is 1. The first-order valence-corrected chi connectivity index (χ1v) is 13.6. The maximum atomic E-state index is 13.9. The van der Waals surface area contributed by atoms with Crippen molar-refractivity contribution in [2.24, 2.45) is 0 Å². The summed E-state index contributed by atoms with van der Waals surface area (Å²) in [6.07, 6.45) is 0.695. The fourth-order valence-electron chi connectivity index (χ4n) is 4.83. The molecule has 4 aromatic rings. The van der Waals surface area contributed by atoms with Crippen molar-refractivity contribution >= 4 is 23.2 Å². The van der Waals surface area contributed by atoms with Gasteiger partial charge in [0.25, 0.3) is 5.91 Å². The minimum Gasteiger partial charge on any atom is -0.495 e. The Balaban J connectivity index is 1.44. The highest BCUT2D eigenvalue weighted by Gasteiger charge is 2.33. The number of nitrogens with zero attached hydrogens (tertiary/aromatic N) is 5. The molecule has 1 fully saturated rings. The van der Waals surface area contributed by atoms with Crippen LogP contribution < -0.4 is 14.8 Å². The highest BCUT2D eigenvalue weighted by molar-refractivity contribution is 6.32. The number of rotatable bonds is 8. The van der Waals surface area contributed by atoms with Gasteiger partial charge in [-0.3, -0.25) is 14.7 Å². The Hall–Kier alpha value is -4.20. The van der Waals surface area contributed by atoms with Crippen LogP contribution in [0.5, 0.6) is 11.5 Å². The summed E-state index contributed by atoms with van der Waals surface area (Å²) in [6, 6.07) is 8.01. The molecule has 5 rings (SSSR count). The van der Waals surface area contributed by atoms with Gasteiger partial charge in [0.1, 0.15) is 17.2 Å². The van der Waals surface area contributed by atoms with Crippen LogP contribution in [0.1, 0.15) is 34.3 Å². The molecule has 3 heterocycles. The Labute approximate surface area is 250 Å². The van der Waals surface area contributed by atoms with Gasteiger partial charge >= 0.3 is 6.18 Å². The van der Waals surface area contributed by atoms with Gasteiger partial charge < -0.3 is 19.9 Å². The van der Waals surface area contributed by atoms with Crippen LogP contribution in [0.25, 0.3) is 16.9 Å². The maximum Gasteiger partial charge on any atom is 0.416 e. The largest absolute Gasteiger partial charge is 0.495 e. The van der Waals surface area contributed by atoms with E-state index >= 15 is 0 Å². The highest BCUT2D eigenvalue weighted by Crippen LogP contribution is 2.39. The second-order valence-corrected chi connectivity index (χ2v) is 10.4. The minimum absolute atomic E-state index is 0.116. The molecule has 14 heteroatoms. The number of aliphatic hydroxyl groups is 1. The molecule has 2 aromatic carbocycles. The number of hydrogen-bond donors (Lipinski definition) is 2. The molecule has 0 spiro atoms. The van der Waals surface area contributed by atoms with Gasteiger partial charge in [0.15, 0.2) is 0 Å². The third-order valence-electron chi connectivity index (χ3n) is 7.09. The summed E-state index contributed by atoms with van der Waals surface area (Å²) >= 11 is 6.42. The molecule has 0 aliphatic carbocycles. The smallest absolute Gasteiger partial charge is 0.416 e. The average molecular weight is 617 g/mol. The Bertz CT molecular complexity index is 1620. The predicted octanol–water partition coefficient (Wildman–Crippen LogP) is 5.23. The lowest BCUT2D eigenvalue weighted by molar-refractivity contribution is -0.137. The van der Waals surface area contributed by atoms with Gasteiger partial charge in [0.05, 0.1) is 54.7 Å². The van der Waals surface area contributed by atoms with Gasteiger partial charge in [-0.05, 0) is 49.2 Å². The molecule has 1 amide bonds. The van der Waals surface area contributed by atoms with Crippen LogP contribution in [0.4, 0.5) is 18.9 Å². The summed E-state index contributed by atoms with van der Waals surface area (Å²) in [5.41, 5.74) is 0.779. The lowest BCUT2D eigenvalue weighted by Crippen LogP contribution is -2.35. The number of benzene rings is 2. The summed E-state index contributed by atoms with van der Waals surface area (Å²) in [5, 5.41) is 20.9. The molecule has 1 saturated heterocycles. The molecule has 10 nitrogen and oxygen atoms in total. The van der Waals surface area contributed by atoms with E-state index in [1.54, 1.807) is 24.7 Å². The summed E-state index contributed by atoms with van der Waals surface area (Å²) in [6.45, 7) is 1.20. The number of carbonyl (C=O) groups is 1. The zero-order valence-electron chi connectivity index (χ0n) is 23.2. The Morgan fingerprint density at radius 3 is 2.58 bits per heavy atom. The first-order chi connectivity index (χ1) is 20.5. The molecule has 0 radical (unpaired) electrons. The third-order valence-corrected chi connectivity index (χ3v) is 7.41. The van der Waals surface area contributed by atoms with Crippen molar-refractivity contribution in [1.82, 2.24) is 24.9 Å². The quantitative estimate of drug-likeness (QED) is 0.277. The van der Waals surface area contributed by atoms with Gasteiger partial charge in [-0.25, -0.2) is 4.68 Å². The van der Waals surface area contributed by atoms with Crippen molar-refractivity contribution in [3.63, 3.8) is 0 Å². The van der Waals surface area contributed by atoms with Gasteiger partial charge in [0.2, 0.25) is 0 Å². The zero-order chi connectivity index (χ0) is 30.7. The van der Waals surface area contributed by atoms with Crippen LogP contribution in [-0.2, 0) is 12.7 Å². The molecular formula is C29H28ClF3N6O4. The number of alkyl halides is 3. The number of piperidine rings is 1. The molecule has 1 aliphatic heterocycles. The van der Waals surface area contributed by atoms with Crippen molar-refractivity contribution < 1.29 is 32.5 Å². The molecular weight excluding hydrogens is 589 g/mol. The second kappa shape index (κ2) is 12.6. The molecule has 226 valence electrons. The van der Waals surface area contributed by atoms with Gasteiger partial charge in [-0.1, -0.05) is 16.8 Å². The van der Waals surface area contributed by atoms with Crippen molar-refractivity contribution in [2.45, 2.75) is 31.7 Å². The highest BCUT2D eigenvalue weighted by atomic mass is 35.5. The third kappa shape index (κ3) is 6.90. The number of ether oxygens (including phenoxy) is 2. The molecule has 0 atom stereocenters. The van der Waals surface area contributed by atoms with E-state index in [0.717, 1.165) is 12.1 Å². The van der Waals surface area contributed by atoms with Crippen molar-refractivity contribution in [3.8, 4) is 28.4 Å². The topological polar surface area (TPSA) is 115 Å². The maximum absolute atomic E-state index is 13.9. The van der Waals surface area contributed by atoms with Crippen molar-refractivity contribution in [1.29, 1.82) is 0 Å². The number of anilines is 1. The zero-order valence-corrected chi connectivity index (χ0v) is 24.0. The lowest BCUT2D eigenvalue weighted by atomic mass is 10.0. The van der Waals surface area contributed by atoms with Crippen LogP contribution in [0, 0.1) is 0 Å². The molecule has 2 N–H and O–H groups in total. The summed E-state index contributed by atoms with van der Waals surface area (Å²) in [4.78, 5) is 19.4. The number of amides is 1. The van der Waals surface area contributed by atoms with Crippen LogP contribution in [-0.4, -0.2) is 69.3 Å². The number of hydrogen-bond acceptors (Lipinski definition) is 8. The monoisotopic (exact) mass is 616 g/mol. The molecule has 0 unspecified atom stereocenters. The van der Waals surface area contributed by atoms with Gasteiger partial charge in [-0.15, -0.1) is 5.10 Å². The number of pyridine rings is 1. The van der Waals surface area contributed by atoms with E-state index in [1.807, 2.05) is 4.90 Å². The molecule has 43 heavy (non-hydrogen) atoms. The first kappa shape index (κ1) is 30.3. The minimum atomic E-state index is -4.66. The number of aromatic nitrogens is 4. The summed E-state index contributed by atoms with van der Waals surface area (Å²) < 4.78 is 53.7.